The van der Waals surface area contributed by atoms with Crippen LogP contribution < -0.4 is 4.72 Å². The second kappa shape index (κ2) is 4.90. The molecule has 0 aliphatic heterocycles. The maximum Gasteiger partial charge on any atom is 0.244 e. The van der Waals surface area contributed by atoms with Gasteiger partial charge >= 0.3 is 0 Å². The maximum atomic E-state index is 12.5. The average molecular weight is 287 g/mol. The molecule has 0 saturated carbocycles. The van der Waals surface area contributed by atoms with E-state index in [9.17, 15) is 8.42 Å². The van der Waals surface area contributed by atoms with E-state index in [-0.39, 0.29) is 10.3 Å². The monoisotopic (exact) mass is 287 g/mol. The van der Waals surface area contributed by atoms with E-state index in [0.717, 1.165) is 6.42 Å². The van der Waals surface area contributed by atoms with Gasteiger partial charge in [-0.25, -0.2) is 13.1 Å². The highest BCUT2D eigenvalue weighted by molar-refractivity contribution is 7.89. The van der Waals surface area contributed by atoms with Crippen LogP contribution in [0.15, 0.2) is 4.90 Å². The number of aryl methyl sites for hydroxylation is 2. The number of nitrogens with zero attached hydrogens (tertiary/aromatic N) is 1. The standard InChI is InChI=1S/C13H25N3O2S/c1-9-11(10(2)15-14-9)19(17,18)16-13(6,7)8-12(3,4)5/h16H,8H2,1-7H3,(H,14,15). The molecule has 110 valence electrons. The average Bonchev–Trinajstić information content (AvgIpc) is 2.38. The number of hydrogen-bond acceptors (Lipinski definition) is 3. The zero-order valence-electron chi connectivity index (χ0n) is 12.9. The van der Waals surface area contributed by atoms with E-state index < -0.39 is 15.6 Å². The number of hydrogen-bond donors (Lipinski definition) is 2. The van der Waals surface area contributed by atoms with Crippen molar-refractivity contribution in [3.05, 3.63) is 11.4 Å². The summed E-state index contributed by atoms with van der Waals surface area (Å²) in [6, 6.07) is 0. The summed E-state index contributed by atoms with van der Waals surface area (Å²) in [7, 11) is -3.55. The molecule has 0 spiro atoms. The molecule has 0 unspecified atom stereocenters. The van der Waals surface area contributed by atoms with Gasteiger partial charge < -0.3 is 0 Å². The molecule has 0 radical (unpaired) electrons. The van der Waals surface area contributed by atoms with Crippen LogP contribution in [0.25, 0.3) is 0 Å². The van der Waals surface area contributed by atoms with Crippen molar-refractivity contribution in [2.24, 2.45) is 5.41 Å². The predicted molar refractivity (Wildman–Crippen MR) is 76.5 cm³/mol. The predicted octanol–water partition coefficient (Wildman–Crippen LogP) is 2.52. The zero-order chi connectivity index (χ0) is 15.1. The molecule has 2 N–H and O–H groups in total. The first-order valence-electron chi connectivity index (χ1n) is 6.40. The molecule has 0 fully saturated rings. The van der Waals surface area contributed by atoms with E-state index in [1.807, 2.05) is 13.8 Å². The minimum atomic E-state index is -3.55. The number of nitrogens with one attached hydrogen (secondary N) is 2. The molecule has 19 heavy (non-hydrogen) atoms. The molecule has 6 heteroatoms. The van der Waals surface area contributed by atoms with Crippen molar-refractivity contribution in [1.82, 2.24) is 14.9 Å². The topological polar surface area (TPSA) is 74.8 Å². The molecular formula is C13H25N3O2S. The fourth-order valence-electron chi connectivity index (χ4n) is 2.71. The van der Waals surface area contributed by atoms with Crippen molar-refractivity contribution >= 4 is 10.0 Å². The van der Waals surface area contributed by atoms with Crippen LogP contribution in [0.4, 0.5) is 0 Å². The molecule has 1 heterocycles. The van der Waals surface area contributed by atoms with E-state index in [1.165, 1.54) is 0 Å². The molecule has 0 aliphatic carbocycles. The van der Waals surface area contributed by atoms with Gasteiger partial charge in [-0.05, 0) is 39.5 Å². The Bertz CT molecular complexity index is 531. The number of rotatable bonds is 4. The van der Waals surface area contributed by atoms with E-state index in [1.54, 1.807) is 13.8 Å². The smallest absolute Gasteiger partial charge is 0.244 e. The summed E-state index contributed by atoms with van der Waals surface area (Å²) in [4.78, 5) is 0.259. The Morgan fingerprint density at radius 3 is 2.05 bits per heavy atom. The van der Waals surface area contributed by atoms with Gasteiger partial charge in [0.05, 0.1) is 11.4 Å². The summed E-state index contributed by atoms with van der Waals surface area (Å²) < 4.78 is 27.7. The van der Waals surface area contributed by atoms with Gasteiger partial charge in [-0.15, -0.1) is 0 Å². The van der Waals surface area contributed by atoms with Gasteiger partial charge in [0.15, 0.2) is 0 Å². The number of aromatic nitrogens is 2. The van der Waals surface area contributed by atoms with Crippen LogP contribution in [0.3, 0.4) is 0 Å². The summed E-state index contributed by atoms with van der Waals surface area (Å²) in [5, 5.41) is 6.65. The highest BCUT2D eigenvalue weighted by Gasteiger charge is 2.32. The van der Waals surface area contributed by atoms with Crippen LogP contribution in [0, 0.1) is 19.3 Å². The van der Waals surface area contributed by atoms with Crippen molar-refractivity contribution in [1.29, 1.82) is 0 Å². The minimum absolute atomic E-state index is 0.0481. The first-order valence-corrected chi connectivity index (χ1v) is 7.88. The molecule has 1 aromatic rings. The second-order valence-electron chi connectivity index (χ2n) is 6.99. The quantitative estimate of drug-likeness (QED) is 0.893. The molecular weight excluding hydrogens is 262 g/mol. The van der Waals surface area contributed by atoms with Gasteiger partial charge in [0.1, 0.15) is 4.90 Å². The molecule has 5 nitrogen and oxygen atoms in total. The molecule has 1 rings (SSSR count). The Hall–Kier alpha value is -0.880. The summed E-state index contributed by atoms with van der Waals surface area (Å²) in [6.45, 7) is 13.5. The Kier molecular flexibility index (Phi) is 4.17. The van der Waals surface area contributed by atoms with Gasteiger partial charge in [-0.2, -0.15) is 5.10 Å². The van der Waals surface area contributed by atoms with Crippen LogP contribution >= 0.6 is 0 Å². The van der Waals surface area contributed by atoms with Gasteiger partial charge in [0.2, 0.25) is 10.0 Å². The fourth-order valence-corrected chi connectivity index (χ4v) is 4.50. The third kappa shape index (κ3) is 4.31. The molecule has 0 bridgehead atoms. The first kappa shape index (κ1) is 16.2. The second-order valence-corrected chi connectivity index (χ2v) is 8.61. The van der Waals surface area contributed by atoms with Crippen molar-refractivity contribution < 1.29 is 8.42 Å². The Morgan fingerprint density at radius 2 is 1.68 bits per heavy atom. The largest absolute Gasteiger partial charge is 0.281 e. The lowest BCUT2D eigenvalue weighted by Gasteiger charge is -2.32. The van der Waals surface area contributed by atoms with Gasteiger partial charge in [0, 0.05) is 5.54 Å². The lowest BCUT2D eigenvalue weighted by atomic mass is 9.82. The molecule has 0 amide bonds. The van der Waals surface area contributed by atoms with E-state index in [4.69, 9.17) is 0 Å². The number of H-pyrrole nitrogens is 1. The van der Waals surface area contributed by atoms with Crippen molar-refractivity contribution in [3.63, 3.8) is 0 Å². The third-order valence-corrected chi connectivity index (χ3v) is 4.67. The van der Waals surface area contributed by atoms with Crippen molar-refractivity contribution in [2.75, 3.05) is 0 Å². The van der Waals surface area contributed by atoms with Crippen molar-refractivity contribution in [3.8, 4) is 0 Å². The molecule has 1 aromatic heterocycles. The van der Waals surface area contributed by atoms with Crippen LogP contribution in [-0.2, 0) is 10.0 Å². The molecule has 0 atom stereocenters. The van der Waals surface area contributed by atoms with Gasteiger partial charge in [0.25, 0.3) is 0 Å². The molecule has 0 saturated heterocycles. The lowest BCUT2D eigenvalue weighted by Crippen LogP contribution is -2.45. The number of aromatic amines is 1. The van der Waals surface area contributed by atoms with E-state index in [0.29, 0.717) is 11.4 Å². The van der Waals surface area contributed by atoms with Gasteiger partial charge in [-0.3, -0.25) is 5.10 Å². The SMILES string of the molecule is Cc1n[nH]c(C)c1S(=O)(=O)NC(C)(C)CC(C)(C)C. The summed E-state index contributed by atoms with van der Waals surface area (Å²) in [6.07, 6.45) is 0.745. The molecule has 0 aromatic carbocycles. The van der Waals surface area contributed by atoms with E-state index >= 15 is 0 Å². The van der Waals surface area contributed by atoms with Crippen LogP contribution in [0.2, 0.25) is 0 Å². The first-order chi connectivity index (χ1) is 8.34. The van der Waals surface area contributed by atoms with Crippen LogP contribution in [0.1, 0.15) is 52.4 Å². The normalized spacial score (nSPS) is 13.8. The van der Waals surface area contributed by atoms with Gasteiger partial charge in [-0.1, -0.05) is 20.8 Å². The highest BCUT2D eigenvalue weighted by Crippen LogP contribution is 2.28. The van der Waals surface area contributed by atoms with Crippen LogP contribution in [0.5, 0.6) is 0 Å². The Labute approximate surface area is 116 Å². The number of sulfonamides is 1. The van der Waals surface area contributed by atoms with E-state index in [2.05, 4.69) is 35.7 Å². The maximum absolute atomic E-state index is 12.5. The minimum Gasteiger partial charge on any atom is -0.281 e. The lowest BCUT2D eigenvalue weighted by molar-refractivity contribution is 0.269. The highest BCUT2D eigenvalue weighted by atomic mass is 32.2. The van der Waals surface area contributed by atoms with Crippen LogP contribution in [-0.4, -0.2) is 24.2 Å². The molecule has 0 aliphatic rings. The summed E-state index contributed by atoms with van der Waals surface area (Å²) in [5.41, 5.74) is 0.604. The zero-order valence-corrected chi connectivity index (χ0v) is 13.7. The Balaban J connectivity index is 3.05. The van der Waals surface area contributed by atoms with Crippen molar-refractivity contribution in [2.45, 2.75) is 65.3 Å². The Morgan fingerprint density at radius 1 is 1.16 bits per heavy atom. The summed E-state index contributed by atoms with van der Waals surface area (Å²) >= 11 is 0. The third-order valence-electron chi connectivity index (χ3n) is 2.71. The summed E-state index contributed by atoms with van der Waals surface area (Å²) in [5.74, 6) is 0. The fraction of sp³-hybridized carbons (Fsp3) is 0.769.